The first-order chi connectivity index (χ1) is 7.88. The van der Waals surface area contributed by atoms with Crippen LogP contribution in [0.3, 0.4) is 0 Å². The van der Waals surface area contributed by atoms with Crippen molar-refractivity contribution in [2.24, 2.45) is 0 Å². The highest BCUT2D eigenvalue weighted by Gasteiger charge is 2.19. The van der Waals surface area contributed by atoms with Crippen molar-refractivity contribution in [2.45, 2.75) is 33.1 Å². The zero-order valence-corrected chi connectivity index (χ0v) is 10.6. The predicted molar refractivity (Wildman–Crippen MR) is 67.0 cm³/mol. The van der Waals surface area contributed by atoms with Gasteiger partial charge in [-0.15, -0.1) is 0 Å². The smallest absolute Gasteiger partial charge is 0.143 e. The third kappa shape index (κ3) is 2.27. The van der Waals surface area contributed by atoms with E-state index in [1.165, 1.54) is 0 Å². The maximum atomic E-state index is 5.83. The second kappa shape index (κ2) is 3.84. The number of nitrogens with zero attached hydrogens (tertiary/aromatic N) is 4. The summed E-state index contributed by atoms with van der Waals surface area (Å²) in [5, 5.41) is 0. The standard InChI is InChI=1S/C12H17N5/c1-8-14-5-6-17(8)10-7-9(13)15-11(16-10)12(2,3)4/h5-7H,1-4H3,(H2,13,15,16). The number of nitrogen functional groups attached to an aromatic ring is 1. The monoisotopic (exact) mass is 231 g/mol. The van der Waals surface area contributed by atoms with E-state index in [4.69, 9.17) is 5.73 Å². The molecular formula is C12H17N5. The highest BCUT2D eigenvalue weighted by Crippen LogP contribution is 2.21. The maximum absolute atomic E-state index is 5.83. The zero-order valence-electron chi connectivity index (χ0n) is 10.6. The molecule has 0 aromatic carbocycles. The summed E-state index contributed by atoms with van der Waals surface area (Å²) >= 11 is 0. The van der Waals surface area contributed by atoms with Gasteiger partial charge in [-0.3, -0.25) is 4.57 Å². The van der Waals surface area contributed by atoms with E-state index in [0.717, 1.165) is 17.5 Å². The minimum atomic E-state index is -0.126. The largest absolute Gasteiger partial charge is 0.384 e. The van der Waals surface area contributed by atoms with Crippen LogP contribution in [-0.4, -0.2) is 19.5 Å². The number of hydrogen-bond donors (Lipinski definition) is 1. The van der Waals surface area contributed by atoms with Crippen LogP contribution in [0, 0.1) is 6.92 Å². The highest BCUT2D eigenvalue weighted by atomic mass is 15.1. The quantitative estimate of drug-likeness (QED) is 0.813. The first kappa shape index (κ1) is 11.6. The van der Waals surface area contributed by atoms with E-state index >= 15 is 0 Å². The summed E-state index contributed by atoms with van der Waals surface area (Å²) in [6.07, 6.45) is 3.61. The fourth-order valence-corrected chi connectivity index (χ4v) is 1.53. The number of hydrogen-bond acceptors (Lipinski definition) is 4. The van der Waals surface area contributed by atoms with Gasteiger partial charge in [-0.1, -0.05) is 20.8 Å². The number of anilines is 1. The molecule has 0 aliphatic rings. The summed E-state index contributed by atoms with van der Waals surface area (Å²) in [6.45, 7) is 8.11. The number of aryl methyl sites for hydroxylation is 1. The highest BCUT2D eigenvalue weighted by molar-refractivity contribution is 5.39. The van der Waals surface area contributed by atoms with E-state index < -0.39 is 0 Å². The molecule has 0 saturated carbocycles. The molecule has 5 heteroatoms. The van der Waals surface area contributed by atoms with Gasteiger partial charge in [-0.25, -0.2) is 15.0 Å². The SMILES string of the molecule is Cc1nccn1-c1cc(N)nc(C(C)(C)C)n1. The van der Waals surface area contributed by atoms with Gasteiger partial charge in [0.15, 0.2) is 0 Å². The van der Waals surface area contributed by atoms with E-state index in [1.807, 2.05) is 17.7 Å². The molecule has 0 atom stereocenters. The van der Waals surface area contributed by atoms with E-state index in [-0.39, 0.29) is 5.41 Å². The van der Waals surface area contributed by atoms with Crippen LogP contribution in [0.15, 0.2) is 18.5 Å². The third-order valence-electron chi connectivity index (χ3n) is 2.48. The number of nitrogens with two attached hydrogens (primary N) is 1. The van der Waals surface area contributed by atoms with Gasteiger partial charge in [0.1, 0.15) is 23.3 Å². The van der Waals surface area contributed by atoms with Gasteiger partial charge in [0.25, 0.3) is 0 Å². The van der Waals surface area contributed by atoms with Crippen LogP contribution in [0.2, 0.25) is 0 Å². The van der Waals surface area contributed by atoms with E-state index in [2.05, 4.69) is 35.7 Å². The lowest BCUT2D eigenvalue weighted by Crippen LogP contribution is -2.18. The molecule has 17 heavy (non-hydrogen) atoms. The van der Waals surface area contributed by atoms with Crippen LogP contribution in [0.25, 0.3) is 5.82 Å². The second-order valence-electron chi connectivity index (χ2n) is 5.07. The Labute approximate surface area is 101 Å². The van der Waals surface area contributed by atoms with Crippen molar-refractivity contribution in [3.63, 3.8) is 0 Å². The molecule has 2 aromatic heterocycles. The normalized spacial score (nSPS) is 11.8. The Morgan fingerprint density at radius 2 is 1.94 bits per heavy atom. The molecular weight excluding hydrogens is 214 g/mol. The van der Waals surface area contributed by atoms with Gasteiger partial charge in [0.2, 0.25) is 0 Å². The van der Waals surface area contributed by atoms with Crippen LogP contribution < -0.4 is 5.73 Å². The van der Waals surface area contributed by atoms with Crippen LogP contribution in [0.1, 0.15) is 32.4 Å². The molecule has 2 heterocycles. The van der Waals surface area contributed by atoms with Crippen molar-refractivity contribution in [3.8, 4) is 5.82 Å². The van der Waals surface area contributed by atoms with Crippen molar-refractivity contribution < 1.29 is 0 Å². The lowest BCUT2D eigenvalue weighted by Gasteiger charge is -2.18. The number of rotatable bonds is 1. The van der Waals surface area contributed by atoms with Crippen LogP contribution in [-0.2, 0) is 5.41 Å². The lowest BCUT2D eigenvalue weighted by atomic mass is 9.96. The Morgan fingerprint density at radius 1 is 1.24 bits per heavy atom. The van der Waals surface area contributed by atoms with Crippen molar-refractivity contribution >= 4 is 5.82 Å². The fraction of sp³-hybridized carbons (Fsp3) is 0.417. The Morgan fingerprint density at radius 3 is 2.47 bits per heavy atom. The number of aromatic nitrogens is 4. The zero-order chi connectivity index (χ0) is 12.6. The third-order valence-corrected chi connectivity index (χ3v) is 2.48. The van der Waals surface area contributed by atoms with Crippen LogP contribution in [0.5, 0.6) is 0 Å². The Hall–Kier alpha value is -1.91. The molecule has 0 spiro atoms. The van der Waals surface area contributed by atoms with Crippen molar-refractivity contribution in [1.82, 2.24) is 19.5 Å². The van der Waals surface area contributed by atoms with Gasteiger partial charge >= 0.3 is 0 Å². The first-order valence-corrected chi connectivity index (χ1v) is 5.53. The summed E-state index contributed by atoms with van der Waals surface area (Å²) in [5.74, 6) is 2.86. The molecule has 5 nitrogen and oxygen atoms in total. The summed E-state index contributed by atoms with van der Waals surface area (Å²) in [4.78, 5) is 13.0. The molecule has 90 valence electrons. The topological polar surface area (TPSA) is 69.6 Å². The minimum Gasteiger partial charge on any atom is -0.384 e. The van der Waals surface area contributed by atoms with Gasteiger partial charge in [-0.05, 0) is 6.92 Å². The Bertz CT molecular complexity index is 536. The molecule has 0 fully saturated rings. The molecule has 0 radical (unpaired) electrons. The first-order valence-electron chi connectivity index (χ1n) is 5.53. The molecule has 0 aliphatic carbocycles. The average Bonchev–Trinajstić information content (AvgIpc) is 2.62. The summed E-state index contributed by atoms with van der Waals surface area (Å²) in [7, 11) is 0. The molecule has 0 aliphatic heterocycles. The van der Waals surface area contributed by atoms with E-state index in [0.29, 0.717) is 5.82 Å². The summed E-state index contributed by atoms with van der Waals surface area (Å²) < 4.78 is 1.90. The Kier molecular flexibility index (Phi) is 2.61. The van der Waals surface area contributed by atoms with Gasteiger partial charge in [0, 0.05) is 23.9 Å². The van der Waals surface area contributed by atoms with Crippen LogP contribution >= 0.6 is 0 Å². The number of imidazole rings is 1. The summed E-state index contributed by atoms with van der Waals surface area (Å²) in [6, 6.07) is 1.75. The van der Waals surface area contributed by atoms with E-state index in [1.54, 1.807) is 12.3 Å². The van der Waals surface area contributed by atoms with Crippen LogP contribution in [0.4, 0.5) is 5.82 Å². The second-order valence-corrected chi connectivity index (χ2v) is 5.07. The molecule has 0 bridgehead atoms. The molecule has 0 amide bonds. The van der Waals surface area contributed by atoms with Crippen molar-refractivity contribution in [3.05, 3.63) is 30.1 Å². The van der Waals surface area contributed by atoms with Gasteiger partial charge in [-0.2, -0.15) is 0 Å². The van der Waals surface area contributed by atoms with Crippen molar-refractivity contribution in [2.75, 3.05) is 5.73 Å². The van der Waals surface area contributed by atoms with Gasteiger partial charge in [0.05, 0.1) is 0 Å². The molecule has 0 saturated heterocycles. The molecule has 2 N–H and O–H groups in total. The van der Waals surface area contributed by atoms with Gasteiger partial charge < -0.3 is 5.73 Å². The minimum absolute atomic E-state index is 0.126. The lowest BCUT2D eigenvalue weighted by molar-refractivity contribution is 0.544. The maximum Gasteiger partial charge on any atom is 0.143 e. The average molecular weight is 231 g/mol. The van der Waals surface area contributed by atoms with E-state index in [9.17, 15) is 0 Å². The molecule has 0 unspecified atom stereocenters. The molecule has 2 rings (SSSR count). The summed E-state index contributed by atoms with van der Waals surface area (Å²) in [5.41, 5.74) is 5.70. The van der Waals surface area contributed by atoms with Crippen molar-refractivity contribution in [1.29, 1.82) is 0 Å². The molecule has 2 aromatic rings. The Balaban J connectivity index is 2.57. The fourth-order valence-electron chi connectivity index (χ4n) is 1.53. The predicted octanol–water partition coefficient (Wildman–Crippen LogP) is 1.85.